The largest absolute Gasteiger partial charge is 0.351 e. The summed E-state index contributed by atoms with van der Waals surface area (Å²) in [6.45, 7) is 6.23. The SMILES string of the molecule is CN=C(NCc1cn2ccc(C)cc2n1)N1CCN(c2ncccn2)CC1.I. The van der Waals surface area contributed by atoms with Gasteiger partial charge < -0.3 is 19.5 Å². The maximum Gasteiger partial charge on any atom is 0.225 e. The van der Waals surface area contributed by atoms with Crippen LogP contribution in [0.1, 0.15) is 11.3 Å². The van der Waals surface area contributed by atoms with Crippen molar-refractivity contribution in [3.05, 3.63) is 54.2 Å². The number of pyridine rings is 1. The van der Waals surface area contributed by atoms with E-state index in [1.807, 2.05) is 23.7 Å². The van der Waals surface area contributed by atoms with Crippen LogP contribution in [0.2, 0.25) is 0 Å². The van der Waals surface area contributed by atoms with E-state index in [4.69, 9.17) is 0 Å². The van der Waals surface area contributed by atoms with Crippen molar-refractivity contribution < 1.29 is 0 Å². The zero-order valence-electron chi connectivity index (χ0n) is 16.1. The second-order valence-electron chi connectivity index (χ2n) is 6.63. The minimum absolute atomic E-state index is 0. The lowest BCUT2D eigenvalue weighted by atomic mass is 10.3. The van der Waals surface area contributed by atoms with Crippen LogP contribution in [0.5, 0.6) is 0 Å². The van der Waals surface area contributed by atoms with Crippen molar-refractivity contribution in [3.8, 4) is 0 Å². The minimum Gasteiger partial charge on any atom is -0.351 e. The molecule has 1 saturated heterocycles. The summed E-state index contributed by atoms with van der Waals surface area (Å²) in [5.74, 6) is 1.69. The lowest BCUT2D eigenvalue weighted by Gasteiger charge is -2.36. The smallest absolute Gasteiger partial charge is 0.225 e. The van der Waals surface area contributed by atoms with E-state index in [1.165, 1.54) is 5.56 Å². The Bertz CT molecular complexity index is 932. The normalized spacial score (nSPS) is 14.9. The van der Waals surface area contributed by atoms with Gasteiger partial charge >= 0.3 is 0 Å². The summed E-state index contributed by atoms with van der Waals surface area (Å²) in [5, 5.41) is 3.44. The predicted molar refractivity (Wildman–Crippen MR) is 121 cm³/mol. The van der Waals surface area contributed by atoms with E-state index in [9.17, 15) is 0 Å². The number of fused-ring (bicyclic) bond motifs is 1. The quantitative estimate of drug-likeness (QED) is 0.343. The topological polar surface area (TPSA) is 74.0 Å². The fourth-order valence-corrected chi connectivity index (χ4v) is 3.30. The Labute approximate surface area is 181 Å². The first-order valence-corrected chi connectivity index (χ1v) is 9.15. The first kappa shape index (κ1) is 20.3. The number of hydrogen-bond donors (Lipinski definition) is 1. The molecule has 9 heteroatoms. The molecule has 1 aliphatic heterocycles. The molecule has 0 radical (unpaired) electrons. The van der Waals surface area contributed by atoms with E-state index in [-0.39, 0.29) is 24.0 Å². The van der Waals surface area contributed by atoms with Crippen molar-refractivity contribution in [1.29, 1.82) is 0 Å². The first-order valence-electron chi connectivity index (χ1n) is 9.15. The van der Waals surface area contributed by atoms with Crippen LogP contribution in [-0.4, -0.2) is 63.4 Å². The van der Waals surface area contributed by atoms with Gasteiger partial charge in [0.1, 0.15) is 5.65 Å². The van der Waals surface area contributed by atoms with Crippen LogP contribution in [-0.2, 0) is 6.54 Å². The molecular weight excluding hydrogens is 467 g/mol. The van der Waals surface area contributed by atoms with E-state index in [1.54, 1.807) is 12.4 Å². The molecule has 1 aliphatic rings. The number of aromatic nitrogens is 4. The Morgan fingerprint density at radius 2 is 1.93 bits per heavy atom. The van der Waals surface area contributed by atoms with Crippen LogP contribution in [0.25, 0.3) is 5.65 Å². The average molecular weight is 492 g/mol. The number of guanidine groups is 1. The highest BCUT2D eigenvalue weighted by Crippen LogP contribution is 2.11. The maximum atomic E-state index is 4.68. The fraction of sp³-hybridized carbons (Fsp3) is 0.368. The molecular formula is C19H25IN8. The number of piperazine rings is 1. The Kier molecular flexibility index (Phi) is 6.65. The number of imidazole rings is 1. The summed E-state index contributed by atoms with van der Waals surface area (Å²) in [6, 6.07) is 6.01. The maximum absolute atomic E-state index is 4.68. The second-order valence-corrected chi connectivity index (χ2v) is 6.63. The van der Waals surface area contributed by atoms with Gasteiger partial charge in [-0.15, -0.1) is 24.0 Å². The third kappa shape index (κ3) is 4.51. The number of rotatable bonds is 3. The zero-order valence-corrected chi connectivity index (χ0v) is 18.4. The monoisotopic (exact) mass is 492 g/mol. The van der Waals surface area contributed by atoms with Crippen LogP contribution in [0.3, 0.4) is 0 Å². The second kappa shape index (κ2) is 9.18. The molecule has 0 amide bonds. The third-order valence-corrected chi connectivity index (χ3v) is 4.72. The lowest BCUT2D eigenvalue weighted by Crippen LogP contribution is -2.52. The molecule has 4 rings (SSSR count). The van der Waals surface area contributed by atoms with Crippen molar-refractivity contribution in [2.75, 3.05) is 38.1 Å². The van der Waals surface area contributed by atoms with Crippen molar-refractivity contribution in [2.24, 2.45) is 4.99 Å². The van der Waals surface area contributed by atoms with Crippen LogP contribution >= 0.6 is 24.0 Å². The van der Waals surface area contributed by atoms with Gasteiger partial charge in [-0.05, 0) is 30.7 Å². The molecule has 1 fully saturated rings. The molecule has 0 atom stereocenters. The van der Waals surface area contributed by atoms with Crippen LogP contribution in [0.15, 0.2) is 48.0 Å². The summed E-state index contributed by atoms with van der Waals surface area (Å²) in [7, 11) is 1.82. The van der Waals surface area contributed by atoms with E-state index >= 15 is 0 Å². The summed E-state index contributed by atoms with van der Waals surface area (Å²) in [6.07, 6.45) is 7.66. The Morgan fingerprint density at radius 1 is 1.18 bits per heavy atom. The molecule has 3 aromatic rings. The predicted octanol–water partition coefficient (Wildman–Crippen LogP) is 1.95. The van der Waals surface area contributed by atoms with Crippen LogP contribution in [0, 0.1) is 6.92 Å². The van der Waals surface area contributed by atoms with Crippen LogP contribution in [0.4, 0.5) is 5.95 Å². The van der Waals surface area contributed by atoms with Crippen LogP contribution < -0.4 is 10.2 Å². The molecule has 0 aromatic carbocycles. The molecule has 28 heavy (non-hydrogen) atoms. The molecule has 1 N–H and O–H groups in total. The molecule has 4 heterocycles. The summed E-state index contributed by atoms with van der Waals surface area (Å²) in [5.41, 5.74) is 3.18. The highest BCUT2D eigenvalue weighted by atomic mass is 127. The summed E-state index contributed by atoms with van der Waals surface area (Å²) in [4.78, 5) is 22.3. The minimum atomic E-state index is 0. The molecule has 0 saturated carbocycles. The summed E-state index contributed by atoms with van der Waals surface area (Å²) >= 11 is 0. The highest BCUT2D eigenvalue weighted by molar-refractivity contribution is 14.0. The van der Waals surface area contributed by atoms with E-state index in [0.717, 1.165) is 49.4 Å². The first-order chi connectivity index (χ1) is 13.2. The van der Waals surface area contributed by atoms with Gasteiger partial charge in [0.2, 0.25) is 5.95 Å². The number of nitrogens with one attached hydrogen (secondary N) is 1. The van der Waals surface area contributed by atoms with Gasteiger partial charge in [-0.3, -0.25) is 4.99 Å². The number of aryl methyl sites for hydroxylation is 1. The van der Waals surface area contributed by atoms with Gasteiger partial charge in [0.15, 0.2) is 5.96 Å². The number of anilines is 1. The zero-order chi connectivity index (χ0) is 18.6. The molecule has 148 valence electrons. The molecule has 0 bridgehead atoms. The number of hydrogen-bond acceptors (Lipinski definition) is 5. The fourth-order valence-electron chi connectivity index (χ4n) is 3.30. The van der Waals surface area contributed by atoms with Gasteiger partial charge in [0.05, 0.1) is 12.2 Å². The molecule has 0 unspecified atom stereocenters. The van der Waals surface area contributed by atoms with Gasteiger partial charge in [-0.1, -0.05) is 0 Å². The van der Waals surface area contributed by atoms with Gasteiger partial charge in [-0.25, -0.2) is 15.0 Å². The molecule has 3 aromatic heterocycles. The van der Waals surface area contributed by atoms with Gasteiger partial charge in [0, 0.05) is 58.0 Å². The van der Waals surface area contributed by atoms with Crippen molar-refractivity contribution in [2.45, 2.75) is 13.5 Å². The van der Waals surface area contributed by atoms with E-state index in [0.29, 0.717) is 6.54 Å². The standard InChI is InChI=1S/C19H24N8.HI/c1-15-4-7-27-14-16(24-17(27)12-15)13-23-18(20-2)25-8-10-26(11-9-25)19-21-5-3-6-22-19;/h3-7,12,14H,8-11,13H2,1-2H3,(H,20,23);1H. The molecule has 8 nitrogen and oxygen atoms in total. The Hall–Kier alpha value is -2.43. The van der Waals surface area contributed by atoms with Gasteiger partial charge in [0.25, 0.3) is 0 Å². The van der Waals surface area contributed by atoms with Crippen molar-refractivity contribution in [3.63, 3.8) is 0 Å². The van der Waals surface area contributed by atoms with Gasteiger partial charge in [-0.2, -0.15) is 0 Å². The Balaban J connectivity index is 0.00000225. The summed E-state index contributed by atoms with van der Waals surface area (Å²) < 4.78 is 2.05. The van der Waals surface area contributed by atoms with Crippen molar-refractivity contribution >= 4 is 41.5 Å². The number of nitrogens with zero attached hydrogens (tertiary/aromatic N) is 7. The Morgan fingerprint density at radius 3 is 2.64 bits per heavy atom. The highest BCUT2D eigenvalue weighted by Gasteiger charge is 2.21. The lowest BCUT2D eigenvalue weighted by molar-refractivity contribution is 0.370. The number of halogens is 1. The number of aliphatic imine (C=N–C) groups is 1. The van der Waals surface area contributed by atoms with Crippen molar-refractivity contribution in [1.82, 2.24) is 29.6 Å². The third-order valence-electron chi connectivity index (χ3n) is 4.72. The van der Waals surface area contributed by atoms with E-state index < -0.39 is 0 Å². The molecule has 0 aliphatic carbocycles. The van der Waals surface area contributed by atoms with E-state index in [2.05, 4.69) is 60.3 Å². The molecule has 0 spiro atoms. The average Bonchev–Trinajstić information content (AvgIpc) is 3.11.